The zero-order chi connectivity index (χ0) is 22.1. The van der Waals surface area contributed by atoms with Gasteiger partial charge < -0.3 is 28.1 Å². The van der Waals surface area contributed by atoms with E-state index in [1.165, 1.54) is 33.5 Å². The van der Waals surface area contributed by atoms with E-state index in [1.807, 2.05) is 6.07 Å². The van der Waals surface area contributed by atoms with Crippen LogP contribution in [0.3, 0.4) is 0 Å². The number of methoxy groups -OCH3 is 4. The molecule has 8 nitrogen and oxygen atoms in total. The smallest absolute Gasteiger partial charge is 0.344 e. The van der Waals surface area contributed by atoms with Crippen LogP contribution in [0.1, 0.15) is 10.4 Å². The van der Waals surface area contributed by atoms with Crippen molar-refractivity contribution in [3.8, 4) is 17.2 Å². The van der Waals surface area contributed by atoms with Gasteiger partial charge in [0.25, 0.3) is 0 Å². The SMILES string of the molecule is COCOc1cccc2c1c(OC)cc1c2oc(=O)c2cc(C(=O)OC)cc(OC)c21. The van der Waals surface area contributed by atoms with Crippen molar-refractivity contribution in [2.24, 2.45) is 0 Å². The molecule has 1 heterocycles. The van der Waals surface area contributed by atoms with E-state index in [0.29, 0.717) is 44.4 Å². The van der Waals surface area contributed by atoms with Crippen molar-refractivity contribution in [3.63, 3.8) is 0 Å². The van der Waals surface area contributed by atoms with Gasteiger partial charge in [-0.05, 0) is 24.3 Å². The first-order chi connectivity index (χ1) is 15.0. The van der Waals surface area contributed by atoms with Gasteiger partial charge in [0.2, 0.25) is 0 Å². The lowest BCUT2D eigenvalue weighted by molar-refractivity contribution is 0.0521. The van der Waals surface area contributed by atoms with Gasteiger partial charge in [-0.1, -0.05) is 12.1 Å². The minimum absolute atomic E-state index is 0.0477. The Hall–Kier alpha value is -3.78. The van der Waals surface area contributed by atoms with Crippen molar-refractivity contribution in [2.45, 2.75) is 0 Å². The summed E-state index contributed by atoms with van der Waals surface area (Å²) in [4.78, 5) is 25.0. The van der Waals surface area contributed by atoms with Crippen molar-refractivity contribution >= 4 is 38.5 Å². The molecule has 0 saturated carbocycles. The maximum Gasteiger partial charge on any atom is 0.344 e. The van der Waals surface area contributed by atoms with Crippen LogP contribution in [0.5, 0.6) is 17.2 Å². The Labute approximate surface area is 176 Å². The molecule has 31 heavy (non-hydrogen) atoms. The second kappa shape index (κ2) is 8.16. The van der Waals surface area contributed by atoms with E-state index in [-0.39, 0.29) is 17.7 Å². The fourth-order valence-electron chi connectivity index (χ4n) is 3.69. The molecule has 0 N–H and O–H groups in total. The maximum atomic E-state index is 12.9. The van der Waals surface area contributed by atoms with Gasteiger partial charge >= 0.3 is 11.6 Å². The van der Waals surface area contributed by atoms with Crippen LogP contribution in [0.15, 0.2) is 45.6 Å². The first-order valence-electron chi connectivity index (χ1n) is 9.32. The van der Waals surface area contributed by atoms with Crippen LogP contribution in [-0.2, 0) is 9.47 Å². The molecule has 4 aromatic rings. The van der Waals surface area contributed by atoms with E-state index in [0.717, 1.165) is 0 Å². The predicted octanol–water partition coefficient (Wildman–Crippen LogP) is 3.89. The molecule has 0 aliphatic rings. The lowest BCUT2D eigenvalue weighted by atomic mass is 9.99. The van der Waals surface area contributed by atoms with Gasteiger partial charge in [0.15, 0.2) is 6.79 Å². The molecule has 0 fully saturated rings. The average Bonchev–Trinajstić information content (AvgIpc) is 2.81. The highest BCUT2D eigenvalue weighted by atomic mass is 16.7. The Morgan fingerprint density at radius 2 is 1.61 bits per heavy atom. The Bertz CT molecular complexity index is 1370. The molecule has 0 unspecified atom stereocenters. The molecule has 0 bridgehead atoms. The largest absolute Gasteiger partial charge is 0.496 e. The van der Waals surface area contributed by atoms with Crippen LogP contribution < -0.4 is 19.8 Å². The fraction of sp³-hybridized carbons (Fsp3) is 0.217. The number of rotatable bonds is 6. The van der Waals surface area contributed by atoms with E-state index in [2.05, 4.69) is 0 Å². The molecule has 1 aromatic heterocycles. The van der Waals surface area contributed by atoms with Gasteiger partial charge in [-0.2, -0.15) is 0 Å². The van der Waals surface area contributed by atoms with E-state index < -0.39 is 11.6 Å². The summed E-state index contributed by atoms with van der Waals surface area (Å²) in [5.41, 5.74) is -0.0805. The van der Waals surface area contributed by atoms with Crippen LogP contribution in [0.4, 0.5) is 0 Å². The number of fused-ring (bicyclic) bond motifs is 5. The monoisotopic (exact) mass is 424 g/mol. The fourth-order valence-corrected chi connectivity index (χ4v) is 3.69. The first kappa shape index (κ1) is 20.5. The van der Waals surface area contributed by atoms with Crippen LogP contribution in [0, 0.1) is 0 Å². The molecule has 0 amide bonds. The lowest BCUT2D eigenvalue weighted by Gasteiger charge is -2.15. The number of esters is 1. The van der Waals surface area contributed by atoms with Gasteiger partial charge in [0.1, 0.15) is 22.8 Å². The Morgan fingerprint density at radius 3 is 2.29 bits per heavy atom. The van der Waals surface area contributed by atoms with Crippen LogP contribution in [0.25, 0.3) is 32.5 Å². The quantitative estimate of drug-likeness (QED) is 0.199. The minimum atomic E-state index is -0.610. The van der Waals surface area contributed by atoms with Gasteiger partial charge in [-0.15, -0.1) is 0 Å². The van der Waals surface area contributed by atoms with Crippen molar-refractivity contribution in [1.82, 2.24) is 0 Å². The third kappa shape index (κ3) is 3.30. The minimum Gasteiger partial charge on any atom is -0.496 e. The lowest BCUT2D eigenvalue weighted by Crippen LogP contribution is -2.07. The van der Waals surface area contributed by atoms with E-state index >= 15 is 0 Å². The Kier molecular flexibility index (Phi) is 5.39. The summed E-state index contributed by atoms with van der Waals surface area (Å²) in [5.74, 6) is 0.789. The summed E-state index contributed by atoms with van der Waals surface area (Å²) < 4.78 is 32.3. The third-order valence-electron chi connectivity index (χ3n) is 5.02. The molecule has 0 radical (unpaired) electrons. The summed E-state index contributed by atoms with van der Waals surface area (Å²) in [6.45, 7) is 0.0477. The standard InChI is InChI=1S/C23H20O8/c1-26-11-30-16-7-5-6-13-20(16)18(28-3)10-14-19-15(23(25)31-21(13)14)8-12(22(24)29-4)9-17(19)27-2/h5-10H,11H2,1-4H3. The summed E-state index contributed by atoms with van der Waals surface area (Å²) in [6.07, 6.45) is 0. The molecule has 160 valence electrons. The van der Waals surface area contributed by atoms with E-state index in [9.17, 15) is 9.59 Å². The summed E-state index contributed by atoms with van der Waals surface area (Å²) >= 11 is 0. The molecule has 0 saturated heterocycles. The van der Waals surface area contributed by atoms with Crippen LogP contribution >= 0.6 is 0 Å². The molecule has 0 aliphatic heterocycles. The predicted molar refractivity (Wildman–Crippen MR) is 114 cm³/mol. The van der Waals surface area contributed by atoms with Crippen LogP contribution in [0.2, 0.25) is 0 Å². The highest BCUT2D eigenvalue weighted by molar-refractivity contribution is 6.19. The molecule has 8 heteroatoms. The number of carbonyl (C=O) groups excluding carboxylic acids is 1. The number of ether oxygens (including phenoxy) is 5. The topological polar surface area (TPSA) is 93.4 Å². The van der Waals surface area contributed by atoms with Crippen molar-refractivity contribution < 1.29 is 32.9 Å². The number of hydrogen-bond acceptors (Lipinski definition) is 8. The van der Waals surface area contributed by atoms with Crippen molar-refractivity contribution in [3.05, 3.63) is 52.4 Å². The molecule has 3 aromatic carbocycles. The first-order valence-corrected chi connectivity index (χ1v) is 9.32. The summed E-state index contributed by atoms with van der Waals surface area (Å²) in [6, 6.07) is 10.1. The molecule has 0 spiro atoms. The third-order valence-corrected chi connectivity index (χ3v) is 5.02. The molecule has 0 atom stereocenters. The van der Waals surface area contributed by atoms with Crippen molar-refractivity contribution in [2.75, 3.05) is 35.2 Å². The molecule has 0 aliphatic carbocycles. The summed E-state index contributed by atoms with van der Waals surface area (Å²) in [7, 11) is 5.80. The van der Waals surface area contributed by atoms with Crippen molar-refractivity contribution in [1.29, 1.82) is 0 Å². The second-order valence-electron chi connectivity index (χ2n) is 6.67. The highest BCUT2D eigenvalue weighted by Crippen LogP contribution is 2.42. The Morgan fingerprint density at radius 1 is 0.871 bits per heavy atom. The van der Waals surface area contributed by atoms with Gasteiger partial charge in [0.05, 0.1) is 37.7 Å². The molecular weight excluding hydrogens is 404 g/mol. The zero-order valence-corrected chi connectivity index (χ0v) is 17.4. The van der Waals surface area contributed by atoms with Gasteiger partial charge in [0, 0.05) is 23.3 Å². The maximum absolute atomic E-state index is 12.9. The van der Waals surface area contributed by atoms with E-state index in [1.54, 1.807) is 25.3 Å². The van der Waals surface area contributed by atoms with Crippen LogP contribution in [-0.4, -0.2) is 41.2 Å². The number of benzene rings is 3. The average molecular weight is 424 g/mol. The number of carbonyl (C=O) groups is 1. The second-order valence-corrected chi connectivity index (χ2v) is 6.67. The van der Waals surface area contributed by atoms with E-state index in [4.69, 9.17) is 28.1 Å². The normalized spacial score (nSPS) is 11.1. The molecule has 4 rings (SSSR count). The highest BCUT2D eigenvalue weighted by Gasteiger charge is 2.21. The zero-order valence-electron chi connectivity index (χ0n) is 17.4. The summed E-state index contributed by atoms with van der Waals surface area (Å²) in [5, 5.41) is 2.56. The van der Waals surface area contributed by atoms with Gasteiger partial charge in [-0.3, -0.25) is 0 Å². The number of hydrogen-bond donors (Lipinski definition) is 0. The molecular formula is C23H20O8. The Balaban J connectivity index is 2.17. The van der Waals surface area contributed by atoms with Gasteiger partial charge in [-0.25, -0.2) is 9.59 Å².